The Labute approximate surface area is 122 Å². The van der Waals surface area contributed by atoms with Crippen molar-refractivity contribution in [3.63, 3.8) is 0 Å². The van der Waals surface area contributed by atoms with Gasteiger partial charge in [0.1, 0.15) is 16.7 Å². The van der Waals surface area contributed by atoms with Gasteiger partial charge in [-0.1, -0.05) is 30.3 Å². The molecule has 112 valence electrons. The molecule has 1 aromatic heterocycles. The fourth-order valence-corrected chi connectivity index (χ4v) is 2.22. The summed E-state index contributed by atoms with van der Waals surface area (Å²) in [5, 5.41) is 48.4. The van der Waals surface area contributed by atoms with Crippen LogP contribution < -0.4 is 5.63 Å². The van der Waals surface area contributed by atoms with Gasteiger partial charge in [-0.05, 0) is 5.56 Å². The van der Waals surface area contributed by atoms with E-state index in [1.807, 2.05) is 0 Å². The number of phenols is 4. The smallest absolute Gasteiger partial charge is 0.348 e. The van der Waals surface area contributed by atoms with Crippen LogP contribution in [0.4, 0.5) is 0 Å². The van der Waals surface area contributed by atoms with Gasteiger partial charge >= 0.3 is 5.63 Å². The Balaban J connectivity index is 2.52. The summed E-state index contributed by atoms with van der Waals surface area (Å²) in [6.07, 6.45) is 0. The summed E-state index contributed by atoms with van der Waals surface area (Å²) in [6.45, 7) is 0. The first-order valence-electron chi connectivity index (χ1n) is 6.14. The van der Waals surface area contributed by atoms with Gasteiger partial charge in [-0.3, -0.25) is 0 Å². The summed E-state index contributed by atoms with van der Waals surface area (Å²) in [5.41, 5.74) is -1.53. The third kappa shape index (κ3) is 1.72. The van der Waals surface area contributed by atoms with Crippen LogP contribution in [0.2, 0.25) is 0 Å². The number of aromatic hydroxyl groups is 5. The molecule has 22 heavy (non-hydrogen) atoms. The number of phenolic OH excluding ortho intramolecular Hbond substituents is 4. The molecule has 0 saturated carbocycles. The highest BCUT2D eigenvalue weighted by Gasteiger charge is 2.26. The number of rotatable bonds is 1. The first-order chi connectivity index (χ1) is 10.4. The zero-order valence-electron chi connectivity index (χ0n) is 10.9. The summed E-state index contributed by atoms with van der Waals surface area (Å²) in [4.78, 5) is 12.1. The van der Waals surface area contributed by atoms with E-state index in [2.05, 4.69) is 0 Å². The van der Waals surface area contributed by atoms with Crippen LogP contribution in [0.15, 0.2) is 39.5 Å². The second kappa shape index (κ2) is 4.59. The largest absolute Gasteiger partial charge is 0.506 e. The van der Waals surface area contributed by atoms with Gasteiger partial charge in [0.25, 0.3) is 0 Å². The SMILES string of the molecule is O=c1oc2c(O)c(O)c(O)c(O)c2c(O)c1-c1ccccc1. The van der Waals surface area contributed by atoms with Crippen LogP contribution in [0.25, 0.3) is 22.1 Å². The molecular weight excluding hydrogens is 292 g/mol. The molecule has 0 atom stereocenters. The fraction of sp³-hybridized carbons (Fsp3) is 0. The van der Waals surface area contributed by atoms with Gasteiger partial charge in [-0.15, -0.1) is 0 Å². The molecule has 0 unspecified atom stereocenters. The molecule has 0 bridgehead atoms. The molecule has 2 aromatic carbocycles. The Bertz CT molecular complexity index is 942. The van der Waals surface area contributed by atoms with Gasteiger partial charge in [0.2, 0.25) is 17.2 Å². The van der Waals surface area contributed by atoms with Gasteiger partial charge in [-0.25, -0.2) is 4.79 Å². The van der Waals surface area contributed by atoms with Crippen molar-refractivity contribution in [2.75, 3.05) is 0 Å². The molecule has 0 radical (unpaired) electrons. The van der Waals surface area contributed by atoms with Crippen molar-refractivity contribution in [2.45, 2.75) is 0 Å². The molecule has 0 amide bonds. The molecule has 0 aliphatic rings. The van der Waals surface area contributed by atoms with Crippen LogP contribution in [0.3, 0.4) is 0 Å². The van der Waals surface area contributed by atoms with Gasteiger partial charge in [0.05, 0.1) is 0 Å². The molecule has 3 rings (SSSR count). The number of hydrogen-bond acceptors (Lipinski definition) is 7. The summed E-state index contributed by atoms with van der Waals surface area (Å²) in [6, 6.07) is 8.04. The van der Waals surface area contributed by atoms with Crippen LogP contribution in [0.5, 0.6) is 28.7 Å². The first-order valence-corrected chi connectivity index (χ1v) is 6.14. The fourth-order valence-electron chi connectivity index (χ4n) is 2.22. The van der Waals surface area contributed by atoms with Crippen molar-refractivity contribution in [1.29, 1.82) is 0 Å². The minimum absolute atomic E-state index is 0.243. The van der Waals surface area contributed by atoms with Crippen molar-refractivity contribution in [1.82, 2.24) is 0 Å². The monoisotopic (exact) mass is 302 g/mol. The lowest BCUT2D eigenvalue weighted by Crippen LogP contribution is -2.03. The standard InChI is InChI=1S/C15H10O7/c16-9-7(6-4-2-1-3-5-6)15(21)22-14-8(9)10(17)11(18)12(19)13(14)20/h1-5,16-20H. The molecule has 0 aliphatic heterocycles. The third-order valence-corrected chi connectivity index (χ3v) is 3.29. The van der Waals surface area contributed by atoms with E-state index in [4.69, 9.17) is 4.42 Å². The molecule has 7 heteroatoms. The lowest BCUT2D eigenvalue weighted by atomic mass is 10.0. The van der Waals surface area contributed by atoms with Gasteiger partial charge < -0.3 is 29.9 Å². The summed E-state index contributed by atoms with van der Waals surface area (Å²) in [7, 11) is 0. The predicted octanol–water partition coefficient (Wildman–Crippen LogP) is 1.99. The summed E-state index contributed by atoms with van der Waals surface area (Å²) >= 11 is 0. The Hall–Kier alpha value is -3.35. The zero-order valence-corrected chi connectivity index (χ0v) is 10.9. The maximum atomic E-state index is 12.1. The van der Waals surface area contributed by atoms with E-state index < -0.39 is 45.3 Å². The van der Waals surface area contributed by atoms with Crippen LogP contribution >= 0.6 is 0 Å². The third-order valence-electron chi connectivity index (χ3n) is 3.29. The molecule has 0 spiro atoms. The van der Waals surface area contributed by atoms with Crippen LogP contribution in [-0.4, -0.2) is 25.5 Å². The van der Waals surface area contributed by atoms with E-state index in [0.717, 1.165) is 0 Å². The quantitative estimate of drug-likeness (QED) is 0.264. The van der Waals surface area contributed by atoms with Crippen molar-refractivity contribution in [2.24, 2.45) is 0 Å². The van der Waals surface area contributed by atoms with Gasteiger partial charge in [-0.2, -0.15) is 0 Å². The Morgan fingerprint density at radius 1 is 0.727 bits per heavy atom. The summed E-state index contributed by atoms with van der Waals surface area (Å²) in [5.74, 6) is -4.64. The maximum Gasteiger partial charge on any atom is 0.348 e. The van der Waals surface area contributed by atoms with Crippen molar-refractivity contribution in [3.05, 3.63) is 40.8 Å². The molecule has 0 aliphatic carbocycles. The van der Waals surface area contributed by atoms with Crippen LogP contribution in [-0.2, 0) is 0 Å². The average molecular weight is 302 g/mol. The second-order valence-electron chi connectivity index (χ2n) is 4.58. The normalized spacial score (nSPS) is 10.9. The molecule has 5 N–H and O–H groups in total. The van der Waals surface area contributed by atoms with E-state index in [0.29, 0.717) is 5.56 Å². The molecule has 1 heterocycles. The minimum Gasteiger partial charge on any atom is -0.506 e. The van der Waals surface area contributed by atoms with Crippen LogP contribution in [0.1, 0.15) is 0 Å². The number of hydrogen-bond donors (Lipinski definition) is 5. The lowest BCUT2D eigenvalue weighted by Gasteiger charge is -2.11. The minimum atomic E-state index is -1.06. The Morgan fingerprint density at radius 2 is 1.32 bits per heavy atom. The van der Waals surface area contributed by atoms with Crippen molar-refractivity contribution >= 4 is 11.0 Å². The molecule has 7 nitrogen and oxygen atoms in total. The second-order valence-corrected chi connectivity index (χ2v) is 4.58. The molecular formula is C15H10O7. The molecule has 3 aromatic rings. The lowest BCUT2D eigenvalue weighted by molar-refractivity contribution is 0.344. The van der Waals surface area contributed by atoms with E-state index >= 15 is 0 Å². The summed E-state index contributed by atoms with van der Waals surface area (Å²) < 4.78 is 4.88. The van der Waals surface area contributed by atoms with Gasteiger partial charge in [0, 0.05) is 0 Å². The molecule has 0 saturated heterocycles. The van der Waals surface area contributed by atoms with E-state index in [1.54, 1.807) is 18.2 Å². The predicted molar refractivity (Wildman–Crippen MR) is 76.2 cm³/mol. The highest BCUT2D eigenvalue weighted by molar-refractivity contribution is 6.01. The maximum absolute atomic E-state index is 12.1. The molecule has 0 fully saturated rings. The Kier molecular flexibility index (Phi) is 2.84. The first kappa shape index (κ1) is 13.6. The highest BCUT2D eigenvalue weighted by atomic mass is 16.4. The van der Waals surface area contributed by atoms with Crippen molar-refractivity contribution < 1.29 is 29.9 Å². The van der Waals surface area contributed by atoms with E-state index in [-0.39, 0.29) is 5.56 Å². The average Bonchev–Trinajstić information content (AvgIpc) is 2.51. The number of benzene rings is 2. The zero-order chi connectivity index (χ0) is 16.0. The van der Waals surface area contributed by atoms with E-state index in [1.165, 1.54) is 12.1 Å². The van der Waals surface area contributed by atoms with Gasteiger partial charge in [0.15, 0.2) is 11.3 Å². The van der Waals surface area contributed by atoms with E-state index in [9.17, 15) is 30.3 Å². The van der Waals surface area contributed by atoms with Crippen LogP contribution in [0, 0.1) is 0 Å². The number of fused-ring (bicyclic) bond motifs is 1. The highest BCUT2D eigenvalue weighted by Crippen LogP contribution is 2.51. The topological polar surface area (TPSA) is 131 Å². The van der Waals surface area contributed by atoms with Crippen molar-refractivity contribution in [3.8, 4) is 39.9 Å². The Morgan fingerprint density at radius 3 is 1.95 bits per heavy atom.